The Hall–Kier alpha value is -1.01. The first-order chi connectivity index (χ1) is 7.10. The predicted molar refractivity (Wildman–Crippen MR) is 63.1 cm³/mol. The molecule has 3 nitrogen and oxygen atoms in total. The maximum atomic E-state index is 11.4. The Kier molecular flexibility index (Phi) is 7.75. The number of nitrogens with one attached hydrogen (secondary N) is 1. The predicted octanol–water partition coefficient (Wildman–Crippen LogP) is 1.28. The largest absolute Gasteiger partial charge is 0.353 e. The molecule has 0 fully saturated rings. The molecule has 0 spiro atoms. The molecular weight excluding hydrogens is 188 g/mol. The van der Waals surface area contributed by atoms with Crippen molar-refractivity contribution >= 4 is 5.91 Å². The van der Waals surface area contributed by atoms with Crippen LogP contribution in [0.3, 0.4) is 0 Å². The van der Waals surface area contributed by atoms with Crippen molar-refractivity contribution in [2.45, 2.75) is 45.6 Å². The standard InChI is InChI=1S/C12H22N2O/c1-4-5-11(3)14-12(15)7-6-10(2)8-9-13/h1,10-11H,5-9,13H2,2-3H3,(H,14,15). The van der Waals surface area contributed by atoms with E-state index in [1.54, 1.807) is 0 Å². The highest BCUT2D eigenvalue weighted by molar-refractivity contribution is 5.76. The van der Waals surface area contributed by atoms with Crippen molar-refractivity contribution in [3.63, 3.8) is 0 Å². The first kappa shape index (κ1) is 14.0. The van der Waals surface area contributed by atoms with E-state index in [4.69, 9.17) is 12.2 Å². The van der Waals surface area contributed by atoms with E-state index in [9.17, 15) is 4.79 Å². The van der Waals surface area contributed by atoms with Gasteiger partial charge in [0.1, 0.15) is 0 Å². The molecule has 1 amide bonds. The number of carbonyl (C=O) groups excluding carboxylic acids is 1. The van der Waals surface area contributed by atoms with Gasteiger partial charge >= 0.3 is 0 Å². The quantitative estimate of drug-likeness (QED) is 0.622. The van der Waals surface area contributed by atoms with E-state index in [1.807, 2.05) is 6.92 Å². The molecule has 3 N–H and O–H groups in total. The lowest BCUT2D eigenvalue weighted by Gasteiger charge is -2.13. The van der Waals surface area contributed by atoms with Crippen LogP contribution < -0.4 is 11.1 Å². The smallest absolute Gasteiger partial charge is 0.220 e. The molecule has 0 saturated carbocycles. The molecule has 0 radical (unpaired) electrons. The van der Waals surface area contributed by atoms with Crippen LogP contribution in [0.4, 0.5) is 0 Å². The van der Waals surface area contributed by atoms with Crippen LogP contribution in [-0.2, 0) is 4.79 Å². The fraction of sp³-hybridized carbons (Fsp3) is 0.750. The highest BCUT2D eigenvalue weighted by Crippen LogP contribution is 2.08. The number of terminal acetylenes is 1. The van der Waals surface area contributed by atoms with Gasteiger partial charge in [0.05, 0.1) is 0 Å². The molecule has 0 bridgehead atoms. The number of hydrogen-bond acceptors (Lipinski definition) is 2. The zero-order valence-electron chi connectivity index (χ0n) is 9.75. The molecule has 0 saturated heterocycles. The Morgan fingerprint density at radius 2 is 2.13 bits per heavy atom. The van der Waals surface area contributed by atoms with Gasteiger partial charge in [-0.2, -0.15) is 0 Å². The van der Waals surface area contributed by atoms with Gasteiger partial charge in [-0.15, -0.1) is 12.3 Å². The van der Waals surface area contributed by atoms with Gasteiger partial charge in [0, 0.05) is 18.9 Å². The molecule has 0 heterocycles. The Balaban J connectivity index is 3.62. The monoisotopic (exact) mass is 210 g/mol. The molecule has 0 rings (SSSR count). The summed E-state index contributed by atoms with van der Waals surface area (Å²) in [7, 11) is 0. The van der Waals surface area contributed by atoms with Crippen LogP contribution in [-0.4, -0.2) is 18.5 Å². The number of nitrogens with two attached hydrogens (primary N) is 1. The maximum absolute atomic E-state index is 11.4. The van der Waals surface area contributed by atoms with Gasteiger partial charge < -0.3 is 11.1 Å². The van der Waals surface area contributed by atoms with E-state index in [-0.39, 0.29) is 11.9 Å². The minimum atomic E-state index is 0.0762. The fourth-order valence-electron chi connectivity index (χ4n) is 1.38. The van der Waals surface area contributed by atoms with Crippen LogP contribution in [0.2, 0.25) is 0 Å². The summed E-state index contributed by atoms with van der Waals surface area (Å²) in [6, 6.07) is 0.0762. The van der Waals surface area contributed by atoms with Crippen LogP contribution in [0.1, 0.15) is 39.5 Å². The average Bonchev–Trinajstić information content (AvgIpc) is 2.15. The van der Waals surface area contributed by atoms with Crippen molar-refractivity contribution in [1.82, 2.24) is 5.32 Å². The summed E-state index contributed by atoms with van der Waals surface area (Å²) in [5.74, 6) is 3.13. The SMILES string of the molecule is C#CCC(C)NC(=O)CCC(C)CCN. The van der Waals surface area contributed by atoms with E-state index < -0.39 is 0 Å². The minimum Gasteiger partial charge on any atom is -0.353 e. The van der Waals surface area contributed by atoms with Crippen LogP contribution in [0.15, 0.2) is 0 Å². The minimum absolute atomic E-state index is 0.0762. The van der Waals surface area contributed by atoms with Crippen molar-refractivity contribution in [2.24, 2.45) is 11.7 Å². The summed E-state index contributed by atoms with van der Waals surface area (Å²) < 4.78 is 0. The lowest BCUT2D eigenvalue weighted by molar-refractivity contribution is -0.121. The Morgan fingerprint density at radius 1 is 1.47 bits per heavy atom. The van der Waals surface area contributed by atoms with E-state index in [0.29, 0.717) is 25.3 Å². The van der Waals surface area contributed by atoms with E-state index >= 15 is 0 Å². The van der Waals surface area contributed by atoms with Crippen molar-refractivity contribution in [1.29, 1.82) is 0 Å². The Bertz CT molecular complexity index is 220. The third-order valence-corrected chi connectivity index (χ3v) is 2.36. The highest BCUT2D eigenvalue weighted by atomic mass is 16.1. The molecular formula is C12H22N2O. The normalized spacial score (nSPS) is 14.0. The second-order valence-electron chi connectivity index (χ2n) is 4.10. The van der Waals surface area contributed by atoms with E-state index in [1.165, 1.54) is 0 Å². The number of hydrogen-bond donors (Lipinski definition) is 2. The van der Waals surface area contributed by atoms with Gasteiger partial charge in [-0.25, -0.2) is 0 Å². The van der Waals surface area contributed by atoms with Crippen LogP contribution >= 0.6 is 0 Å². The molecule has 15 heavy (non-hydrogen) atoms. The van der Waals surface area contributed by atoms with Gasteiger partial charge in [0.25, 0.3) is 0 Å². The van der Waals surface area contributed by atoms with Crippen LogP contribution in [0.5, 0.6) is 0 Å². The molecule has 0 aliphatic heterocycles. The zero-order valence-corrected chi connectivity index (χ0v) is 9.75. The molecule has 0 aromatic carbocycles. The van der Waals surface area contributed by atoms with Crippen molar-refractivity contribution in [2.75, 3.05) is 6.54 Å². The molecule has 0 aliphatic carbocycles. The molecule has 86 valence electrons. The van der Waals surface area contributed by atoms with Crippen molar-refractivity contribution in [3.8, 4) is 12.3 Å². The second-order valence-corrected chi connectivity index (χ2v) is 4.10. The summed E-state index contributed by atoms with van der Waals surface area (Å²) in [6.45, 7) is 4.72. The Morgan fingerprint density at radius 3 is 2.67 bits per heavy atom. The summed E-state index contributed by atoms with van der Waals surface area (Å²) in [6.07, 6.45) is 8.18. The lowest BCUT2D eigenvalue weighted by atomic mass is 10.0. The van der Waals surface area contributed by atoms with Gasteiger partial charge in [0.2, 0.25) is 5.91 Å². The summed E-state index contributed by atoms with van der Waals surface area (Å²) in [5.41, 5.74) is 5.43. The summed E-state index contributed by atoms with van der Waals surface area (Å²) >= 11 is 0. The molecule has 3 heteroatoms. The average molecular weight is 210 g/mol. The number of carbonyl (C=O) groups is 1. The molecule has 2 unspecified atom stereocenters. The summed E-state index contributed by atoms with van der Waals surface area (Å²) in [4.78, 5) is 11.4. The molecule has 0 aromatic heterocycles. The number of rotatable bonds is 7. The topological polar surface area (TPSA) is 55.1 Å². The van der Waals surface area contributed by atoms with Crippen molar-refractivity contribution < 1.29 is 4.79 Å². The molecule has 0 aliphatic rings. The Labute approximate surface area is 92.8 Å². The molecule has 0 aromatic rings. The van der Waals surface area contributed by atoms with Gasteiger partial charge in [-0.1, -0.05) is 6.92 Å². The van der Waals surface area contributed by atoms with Gasteiger partial charge in [-0.05, 0) is 32.2 Å². The van der Waals surface area contributed by atoms with Crippen LogP contribution in [0, 0.1) is 18.3 Å². The second kappa shape index (κ2) is 8.31. The lowest BCUT2D eigenvalue weighted by Crippen LogP contribution is -2.32. The first-order valence-electron chi connectivity index (χ1n) is 5.53. The van der Waals surface area contributed by atoms with Gasteiger partial charge in [-0.3, -0.25) is 4.79 Å². The van der Waals surface area contributed by atoms with E-state index in [0.717, 1.165) is 12.8 Å². The van der Waals surface area contributed by atoms with Gasteiger partial charge in [0.15, 0.2) is 0 Å². The number of amides is 1. The first-order valence-corrected chi connectivity index (χ1v) is 5.53. The summed E-state index contributed by atoms with van der Waals surface area (Å²) in [5, 5.41) is 2.87. The fourth-order valence-corrected chi connectivity index (χ4v) is 1.38. The zero-order chi connectivity index (χ0) is 11.7. The molecule has 2 atom stereocenters. The highest BCUT2D eigenvalue weighted by Gasteiger charge is 2.08. The third kappa shape index (κ3) is 8.02. The van der Waals surface area contributed by atoms with Crippen LogP contribution in [0.25, 0.3) is 0 Å². The third-order valence-electron chi connectivity index (χ3n) is 2.36. The van der Waals surface area contributed by atoms with Crippen molar-refractivity contribution in [3.05, 3.63) is 0 Å². The van der Waals surface area contributed by atoms with E-state index in [2.05, 4.69) is 18.2 Å². The maximum Gasteiger partial charge on any atom is 0.220 e.